The molecule has 110 valence electrons. The van der Waals surface area contributed by atoms with Gasteiger partial charge >= 0.3 is 0 Å². The summed E-state index contributed by atoms with van der Waals surface area (Å²) in [6.07, 6.45) is 0. The number of halogens is 1. The highest BCUT2D eigenvalue weighted by Gasteiger charge is 2.05. The molecule has 0 saturated heterocycles. The fourth-order valence-corrected chi connectivity index (χ4v) is 1.79. The molecule has 3 N–H and O–H groups in total. The van der Waals surface area contributed by atoms with Gasteiger partial charge in [-0.15, -0.1) is 0 Å². The van der Waals surface area contributed by atoms with E-state index >= 15 is 0 Å². The fourth-order valence-electron chi connectivity index (χ4n) is 1.79. The van der Waals surface area contributed by atoms with Gasteiger partial charge in [0.1, 0.15) is 12.4 Å². The molecule has 0 fully saturated rings. The summed E-state index contributed by atoms with van der Waals surface area (Å²) < 4.78 is 18.5. The van der Waals surface area contributed by atoms with E-state index in [0.717, 1.165) is 5.56 Å². The Bertz CT molecular complexity index is 599. The van der Waals surface area contributed by atoms with Crippen LogP contribution in [-0.2, 0) is 22.7 Å². The first-order valence-corrected chi connectivity index (χ1v) is 6.59. The van der Waals surface area contributed by atoms with Gasteiger partial charge < -0.3 is 15.8 Å². The minimum Gasteiger partial charge on any atom is -0.367 e. The molecule has 0 saturated carbocycles. The van der Waals surface area contributed by atoms with E-state index in [2.05, 4.69) is 5.32 Å². The molecule has 2 rings (SSSR count). The van der Waals surface area contributed by atoms with Gasteiger partial charge in [0, 0.05) is 17.8 Å². The van der Waals surface area contributed by atoms with Crippen molar-refractivity contribution in [3.05, 3.63) is 65.5 Å². The number of nitrogens with one attached hydrogen (secondary N) is 1. The second-order valence-electron chi connectivity index (χ2n) is 4.53. The molecule has 2 aromatic carbocycles. The quantitative estimate of drug-likeness (QED) is 0.858. The average Bonchev–Trinajstić information content (AvgIpc) is 2.50. The van der Waals surface area contributed by atoms with E-state index in [4.69, 9.17) is 10.5 Å². The fraction of sp³-hybridized carbons (Fsp3) is 0.188. The molecule has 0 aromatic heterocycles. The summed E-state index contributed by atoms with van der Waals surface area (Å²) >= 11 is 0. The molecule has 0 atom stereocenters. The second kappa shape index (κ2) is 7.52. The van der Waals surface area contributed by atoms with Gasteiger partial charge in [-0.2, -0.15) is 0 Å². The van der Waals surface area contributed by atoms with Crippen LogP contribution in [0.3, 0.4) is 0 Å². The molecule has 2 aromatic rings. The molecule has 0 aliphatic carbocycles. The van der Waals surface area contributed by atoms with E-state index in [9.17, 15) is 9.18 Å². The van der Waals surface area contributed by atoms with Crippen molar-refractivity contribution in [2.24, 2.45) is 5.73 Å². The number of carbonyl (C=O) groups excluding carboxylic acids is 1. The lowest BCUT2D eigenvalue weighted by Gasteiger charge is -2.07. The Kier molecular flexibility index (Phi) is 5.43. The number of amides is 1. The van der Waals surface area contributed by atoms with E-state index in [1.807, 2.05) is 12.1 Å². The zero-order valence-electron chi connectivity index (χ0n) is 11.5. The molecule has 1 amide bonds. The van der Waals surface area contributed by atoms with E-state index in [-0.39, 0.29) is 24.9 Å². The number of anilines is 1. The first-order valence-electron chi connectivity index (χ1n) is 6.59. The largest absolute Gasteiger partial charge is 0.367 e. The van der Waals surface area contributed by atoms with Crippen LogP contribution in [0.5, 0.6) is 0 Å². The molecule has 0 radical (unpaired) electrons. The first kappa shape index (κ1) is 15.2. The molecular formula is C16H17FN2O2. The summed E-state index contributed by atoms with van der Waals surface area (Å²) in [5.41, 5.74) is 7.59. The van der Waals surface area contributed by atoms with Gasteiger partial charge in [-0.05, 0) is 23.8 Å². The highest BCUT2D eigenvalue weighted by Crippen LogP contribution is 2.10. The third kappa shape index (κ3) is 4.66. The van der Waals surface area contributed by atoms with Crippen molar-refractivity contribution in [3.63, 3.8) is 0 Å². The van der Waals surface area contributed by atoms with Gasteiger partial charge in [0.15, 0.2) is 0 Å². The average molecular weight is 288 g/mol. The third-order valence-electron chi connectivity index (χ3n) is 2.92. The smallest absolute Gasteiger partial charge is 0.250 e. The summed E-state index contributed by atoms with van der Waals surface area (Å²) in [5, 5.41) is 2.70. The van der Waals surface area contributed by atoms with E-state index in [0.29, 0.717) is 17.8 Å². The van der Waals surface area contributed by atoms with Crippen molar-refractivity contribution in [3.8, 4) is 0 Å². The Morgan fingerprint density at radius 3 is 2.52 bits per heavy atom. The number of benzene rings is 2. The molecule has 5 heteroatoms. The Labute approximate surface area is 122 Å². The van der Waals surface area contributed by atoms with Crippen LogP contribution in [0.2, 0.25) is 0 Å². The third-order valence-corrected chi connectivity index (χ3v) is 2.92. The minimum atomic E-state index is -0.338. The lowest BCUT2D eigenvalue weighted by Crippen LogP contribution is -2.18. The number of hydrogen-bond donors (Lipinski definition) is 2. The number of carbonyl (C=O) groups is 1. The summed E-state index contributed by atoms with van der Waals surface area (Å²) in [6.45, 7) is 0.388. The van der Waals surface area contributed by atoms with Gasteiger partial charge in [0.2, 0.25) is 5.91 Å². The molecular weight excluding hydrogens is 271 g/mol. The Morgan fingerprint density at radius 1 is 1.14 bits per heavy atom. The summed E-state index contributed by atoms with van der Waals surface area (Å²) in [7, 11) is 0. The van der Waals surface area contributed by atoms with Crippen molar-refractivity contribution in [1.82, 2.24) is 0 Å². The molecule has 0 spiro atoms. The summed E-state index contributed by atoms with van der Waals surface area (Å²) in [4.78, 5) is 11.7. The molecule has 0 aliphatic rings. The Hall–Kier alpha value is -2.24. The number of ether oxygens (including phenoxy) is 1. The van der Waals surface area contributed by atoms with E-state index < -0.39 is 0 Å². The highest BCUT2D eigenvalue weighted by molar-refractivity contribution is 5.91. The van der Waals surface area contributed by atoms with Crippen molar-refractivity contribution in [2.75, 3.05) is 11.9 Å². The number of hydrogen-bond acceptors (Lipinski definition) is 3. The summed E-state index contributed by atoms with van der Waals surface area (Å²) in [5.74, 6) is -0.623. The monoisotopic (exact) mass is 288 g/mol. The maximum absolute atomic E-state index is 13.3. The SMILES string of the molecule is NCc1ccc(NC(=O)COCc2ccccc2F)cc1. The van der Waals surface area contributed by atoms with Gasteiger partial charge in [0.05, 0.1) is 6.61 Å². The molecule has 0 unspecified atom stereocenters. The van der Waals surface area contributed by atoms with Crippen LogP contribution in [0.4, 0.5) is 10.1 Å². The van der Waals surface area contributed by atoms with Crippen molar-refractivity contribution < 1.29 is 13.9 Å². The van der Waals surface area contributed by atoms with Crippen LogP contribution in [-0.4, -0.2) is 12.5 Å². The lowest BCUT2D eigenvalue weighted by molar-refractivity contribution is -0.121. The first-order chi connectivity index (χ1) is 10.2. The number of nitrogens with two attached hydrogens (primary N) is 1. The van der Waals surface area contributed by atoms with Crippen LogP contribution >= 0.6 is 0 Å². The predicted octanol–water partition coefficient (Wildman–Crippen LogP) is 2.44. The molecule has 4 nitrogen and oxygen atoms in total. The Balaban J connectivity index is 1.78. The van der Waals surface area contributed by atoms with Crippen LogP contribution < -0.4 is 11.1 Å². The Morgan fingerprint density at radius 2 is 1.86 bits per heavy atom. The number of rotatable bonds is 6. The normalized spacial score (nSPS) is 10.4. The standard InChI is InChI=1S/C16H17FN2O2/c17-15-4-2-1-3-13(15)10-21-11-16(20)19-14-7-5-12(9-18)6-8-14/h1-8H,9-11,18H2,(H,19,20). The predicted molar refractivity (Wildman–Crippen MR) is 79.0 cm³/mol. The van der Waals surface area contributed by atoms with E-state index in [1.165, 1.54) is 6.07 Å². The zero-order chi connectivity index (χ0) is 15.1. The molecule has 0 aliphatic heterocycles. The van der Waals surface area contributed by atoms with Gasteiger partial charge in [-0.1, -0.05) is 30.3 Å². The maximum Gasteiger partial charge on any atom is 0.250 e. The second-order valence-corrected chi connectivity index (χ2v) is 4.53. The van der Waals surface area contributed by atoms with Crippen LogP contribution in [0.25, 0.3) is 0 Å². The molecule has 21 heavy (non-hydrogen) atoms. The van der Waals surface area contributed by atoms with Crippen molar-refractivity contribution in [1.29, 1.82) is 0 Å². The maximum atomic E-state index is 13.3. The van der Waals surface area contributed by atoms with Crippen LogP contribution in [0.1, 0.15) is 11.1 Å². The van der Waals surface area contributed by atoms with Gasteiger partial charge in [-0.25, -0.2) is 4.39 Å². The molecule has 0 heterocycles. The lowest BCUT2D eigenvalue weighted by atomic mass is 10.2. The van der Waals surface area contributed by atoms with E-state index in [1.54, 1.807) is 30.3 Å². The van der Waals surface area contributed by atoms with Crippen molar-refractivity contribution in [2.45, 2.75) is 13.2 Å². The van der Waals surface area contributed by atoms with Crippen molar-refractivity contribution >= 4 is 11.6 Å². The minimum absolute atomic E-state index is 0.0617. The van der Waals surface area contributed by atoms with Gasteiger partial charge in [-0.3, -0.25) is 4.79 Å². The van der Waals surface area contributed by atoms with Crippen LogP contribution in [0, 0.1) is 5.82 Å². The van der Waals surface area contributed by atoms with Gasteiger partial charge in [0.25, 0.3) is 0 Å². The topological polar surface area (TPSA) is 64.3 Å². The highest BCUT2D eigenvalue weighted by atomic mass is 19.1. The van der Waals surface area contributed by atoms with Crippen LogP contribution in [0.15, 0.2) is 48.5 Å². The molecule has 0 bridgehead atoms. The zero-order valence-corrected chi connectivity index (χ0v) is 11.5. The summed E-state index contributed by atoms with van der Waals surface area (Å²) in [6, 6.07) is 13.5.